The van der Waals surface area contributed by atoms with Crippen molar-refractivity contribution in [2.75, 3.05) is 26.5 Å². The molecule has 0 aliphatic carbocycles. The van der Waals surface area contributed by atoms with Gasteiger partial charge in [0.25, 0.3) is 0 Å². The van der Waals surface area contributed by atoms with Crippen LogP contribution in [0.3, 0.4) is 0 Å². The average Bonchev–Trinajstić information content (AvgIpc) is 3.36. The Morgan fingerprint density at radius 2 is 1.82 bits per heavy atom. The summed E-state index contributed by atoms with van der Waals surface area (Å²) in [6.07, 6.45) is 3.53. The molecular formula is C31H40N2O5S. The zero-order valence-electron chi connectivity index (χ0n) is 24.1. The number of nitrogens with zero attached hydrogens (tertiary/aromatic N) is 2. The zero-order chi connectivity index (χ0) is 28.3. The van der Waals surface area contributed by atoms with Crippen molar-refractivity contribution < 1.29 is 23.8 Å². The van der Waals surface area contributed by atoms with E-state index in [0.717, 1.165) is 52.9 Å². The zero-order valence-corrected chi connectivity index (χ0v) is 24.9. The Kier molecular flexibility index (Phi) is 8.96. The highest BCUT2D eigenvalue weighted by Gasteiger charge is 2.31. The molecule has 2 aromatic carbocycles. The molecule has 0 N–H and O–H groups in total. The summed E-state index contributed by atoms with van der Waals surface area (Å²) in [5.74, 6) is 1.57. The van der Waals surface area contributed by atoms with Crippen molar-refractivity contribution in [3.8, 4) is 5.75 Å². The molecular weight excluding hydrogens is 512 g/mol. The lowest BCUT2D eigenvalue weighted by Crippen LogP contribution is -2.37. The molecule has 8 heteroatoms. The number of hydrogen-bond acceptors (Lipinski definition) is 7. The van der Waals surface area contributed by atoms with Gasteiger partial charge < -0.3 is 14.2 Å². The number of esters is 1. The van der Waals surface area contributed by atoms with E-state index < -0.39 is 11.7 Å². The molecule has 0 bridgehead atoms. The fourth-order valence-corrected chi connectivity index (χ4v) is 6.50. The largest absolute Gasteiger partial charge is 0.496 e. The summed E-state index contributed by atoms with van der Waals surface area (Å²) in [5.41, 5.74) is 3.99. The molecule has 0 unspecified atom stereocenters. The van der Waals surface area contributed by atoms with Gasteiger partial charge >= 0.3 is 12.1 Å². The average molecular weight is 553 g/mol. The standard InChI is InChI=1S/C31H40N2O5S/c1-8-39-23-13-15-32(26(18-23)21-9-11-22(12-10-21)29(34)37-7)19-25-24-14-16-33(30(35)38-31(3,4)5)28(24)20(2)17-27(25)36-6/h9-12,14,16-17,23,26H,8,13,15,18-19H2,1-7H3/t23-,26-/m0/s1. The third kappa shape index (κ3) is 6.44. The number of aromatic nitrogens is 1. The van der Waals surface area contributed by atoms with E-state index in [4.69, 9.17) is 14.2 Å². The van der Waals surface area contributed by atoms with Crippen LogP contribution in [0.1, 0.15) is 73.6 Å². The van der Waals surface area contributed by atoms with Crippen molar-refractivity contribution >= 4 is 34.7 Å². The normalized spacial score (nSPS) is 18.2. The number of methoxy groups -OCH3 is 2. The summed E-state index contributed by atoms with van der Waals surface area (Å²) < 4.78 is 18.1. The Morgan fingerprint density at radius 1 is 1.10 bits per heavy atom. The van der Waals surface area contributed by atoms with Gasteiger partial charge in [0.1, 0.15) is 11.4 Å². The second kappa shape index (κ2) is 12.0. The third-order valence-electron chi connectivity index (χ3n) is 7.19. The van der Waals surface area contributed by atoms with E-state index in [9.17, 15) is 9.59 Å². The number of fused-ring (bicyclic) bond motifs is 1. The maximum atomic E-state index is 13.0. The molecule has 0 radical (unpaired) electrons. The Hall–Kier alpha value is -2.97. The number of carbonyl (C=O) groups is 2. The van der Waals surface area contributed by atoms with Gasteiger partial charge in [0, 0.05) is 41.5 Å². The first-order chi connectivity index (χ1) is 18.6. The number of rotatable bonds is 7. The predicted molar refractivity (Wildman–Crippen MR) is 157 cm³/mol. The van der Waals surface area contributed by atoms with Gasteiger partial charge in [0.05, 0.1) is 25.3 Å². The molecule has 1 aromatic heterocycles. The molecule has 0 saturated carbocycles. The second-order valence-electron chi connectivity index (χ2n) is 11.0. The molecule has 0 spiro atoms. The minimum absolute atomic E-state index is 0.184. The summed E-state index contributed by atoms with van der Waals surface area (Å²) in [6, 6.07) is 12.0. The molecule has 2 atom stereocenters. The second-order valence-corrected chi connectivity index (χ2v) is 12.6. The van der Waals surface area contributed by atoms with Crippen molar-refractivity contribution in [2.45, 2.75) is 70.9 Å². The number of benzene rings is 2. The van der Waals surface area contributed by atoms with Crippen LogP contribution in [0.4, 0.5) is 4.79 Å². The highest BCUT2D eigenvalue weighted by atomic mass is 32.2. The van der Waals surface area contributed by atoms with Gasteiger partial charge in [0.2, 0.25) is 0 Å². The van der Waals surface area contributed by atoms with Gasteiger partial charge in [-0.2, -0.15) is 11.8 Å². The van der Waals surface area contributed by atoms with Crippen molar-refractivity contribution in [2.24, 2.45) is 0 Å². The smallest absolute Gasteiger partial charge is 0.419 e. The Bertz CT molecular complexity index is 1330. The van der Waals surface area contributed by atoms with Crippen LogP contribution in [0.2, 0.25) is 0 Å². The summed E-state index contributed by atoms with van der Waals surface area (Å²) >= 11 is 2.01. The molecule has 1 aliphatic heterocycles. The number of aryl methyl sites for hydroxylation is 1. The molecule has 4 rings (SSSR count). The van der Waals surface area contributed by atoms with Gasteiger partial charge in [-0.1, -0.05) is 19.1 Å². The molecule has 7 nitrogen and oxygen atoms in total. The SMILES string of the molecule is CCS[C@H]1CCN(Cc2c(OC)cc(C)c3c2ccn3C(=O)OC(C)(C)C)[C@H](c2ccc(C(=O)OC)cc2)C1. The molecule has 3 aromatic rings. The van der Waals surface area contributed by atoms with E-state index in [-0.39, 0.29) is 12.0 Å². The fourth-order valence-electron chi connectivity index (χ4n) is 5.44. The van der Waals surface area contributed by atoms with Gasteiger partial charge in [-0.05, 0) is 81.7 Å². The van der Waals surface area contributed by atoms with Crippen LogP contribution < -0.4 is 4.74 Å². The number of hydrogen-bond donors (Lipinski definition) is 0. The first-order valence-electron chi connectivity index (χ1n) is 13.5. The highest BCUT2D eigenvalue weighted by Crippen LogP contribution is 2.40. The maximum absolute atomic E-state index is 13.0. The summed E-state index contributed by atoms with van der Waals surface area (Å²) in [4.78, 5) is 27.5. The molecule has 1 aliphatic rings. The van der Waals surface area contributed by atoms with Gasteiger partial charge in [-0.25, -0.2) is 9.59 Å². The van der Waals surface area contributed by atoms with Gasteiger partial charge in [-0.3, -0.25) is 9.47 Å². The van der Waals surface area contributed by atoms with E-state index in [1.807, 2.05) is 75.9 Å². The predicted octanol–water partition coefficient (Wildman–Crippen LogP) is 6.99. The lowest BCUT2D eigenvalue weighted by Gasteiger charge is -2.40. The quantitative estimate of drug-likeness (QED) is 0.293. The third-order valence-corrected chi connectivity index (χ3v) is 8.42. The van der Waals surface area contributed by atoms with Crippen LogP contribution in [0.15, 0.2) is 42.6 Å². The first-order valence-corrected chi connectivity index (χ1v) is 14.6. The molecule has 39 heavy (non-hydrogen) atoms. The van der Waals surface area contributed by atoms with E-state index in [0.29, 0.717) is 17.4 Å². The number of ether oxygens (including phenoxy) is 3. The lowest BCUT2D eigenvalue weighted by atomic mass is 9.93. The van der Waals surface area contributed by atoms with Gasteiger partial charge in [-0.15, -0.1) is 0 Å². The molecule has 210 valence electrons. The highest BCUT2D eigenvalue weighted by molar-refractivity contribution is 7.99. The molecule has 1 saturated heterocycles. The van der Waals surface area contributed by atoms with Crippen molar-refractivity contribution in [1.82, 2.24) is 9.47 Å². The fraction of sp³-hybridized carbons (Fsp3) is 0.484. The number of carbonyl (C=O) groups excluding carboxylic acids is 2. The topological polar surface area (TPSA) is 70.0 Å². The van der Waals surface area contributed by atoms with Crippen LogP contribution in [0, 0.1) is 6.92 Å². The molecule has 2 heterocycles. The van der Waals surface area contributed by atoms with Crippen molar-refractivity contribution in [1.29, 1.82) is 0 Å². The Balaban J connectivity index is 1.72. The maximum Gasteiger partial charge on any atom is 0.419 e. The first kappa shape index (κ1) is 29.0. The summed E-state index contributed by atoms with van der Waals surface area (Å²) in [7, 11) is 3.10. The Morgan fingerprint density at radius 3 is 2.44 bits per heavy atom. The monoisotopic (exact) mass is 552 g/mol. The van der Waals surface area contributed by atoms with Crippen molar-refractivity contribution in [3.05, 3.63) is 64.8 Å². The molecule has 0 amide bonds. The summed E-state index contributed by atoms with van der Waals surface area (Å²) in [5, 5.41) is 1.56. The minimum atomic E-state index is -0.589. The van der Waals surface area contributed by atoms with E-state index in [2.05, 4.69) is 11.8 Å². The van der Waals surface area contributed by atoms with E-state index >= 15 is 0 Å². The summed E-state index contributed by atoms with van der Waals surface area (Å²) in [6.45, 7) is 11.4. The number of thioether (sulfide) groups is 1. The van der Waals surface area contributed by atoms with Crippen LogP contribution in [0.5, 0.6) is 5.75 Å². The Labute approximate surface area is 235 Å². The minimum Gasteiger partial charge on any atom is -0.496 e. The van der Waals surface area contributed by atoms with E-state index in [1.54, 1.807) is 17.9 Å². The number of likely N-dealkylation sites (tertiary alicyclic amines) is 1. The lowest BCUT2D eigenvalue weighted by molar-refractivity contribution is 0.0542. The van der Waals surface area contributed by atoms with Crippen LogP contribution in [0.25, 0.3) is 10.9 Å². The van der Waals surface area contributed by atoms with Crippen LogP contribution >= 0.6 is 11.8 Å². The number of piperidine rings is 1. The van der Waals surface area contributed by atoms with Crippen LogP contribution in [-0.2, 0) is 16.0 Å². The van der Waals surface area contributed by atoms with Gasteiger partial charge in [0.15, 0.2) is 0 Å². The van der Waals surface area contributed by atoms with Crippen LogP contribution in [-0.4, -0.2) is 58.9 Å². The van der Waals surface area contributed by atoms with E-state index in [1.165, 1.54) is 12.7 Å². The molecule has 1 fully saturated rings. The van der Waals surface area contributed by atoms with Crippen molar-refractivity contribution in [3.63, 3.8) is 0 Å².